The Balaban J connectivity index is 1.97. The van der Waals surface area contributed by atoms with Gasteiger partial charge in [-0.25, -0.2) is 0 Å². The molecule has 0 aliphatic carbocycles. The van der Waals surface area contributed by atoms with Gasteiger partial charge in [-0.15, -0.1) is 0 Å². The summed E-state index contributed by atoms with van der Waals surface area (Å²) in [6.07, 6.45) is 0. The second-order valence-corrected chi connectivity index (χ2v) is 6.00. The van der Waals surface area contributed by atoms with Gasteiger partial charge in [0.25, 0.3) is 0 Å². The molecule has 0 aromatic heterocycles. The van der Waals surface area contributed by atoms with E-state index >= 15 is 0 Å². The van der Waals surface area contributed by atoms with Crippen LogP contribution in [0.4, 0.5) is 0 Å². The van der Waals surface area contributed by atoms with Crippen molar-refractivity contribution < 1.29 is 4.74 Å². The maximum Gasteiger partial charge on any atom is 0.132 e. The Morgan fingerprint density at radius 2 is 1.67 bits per heavy atom. The van der Waals surface area contributed by atoms with E-state index in [2.05, 4.69) is 34.1 Å². The number of ether oxygens (including phenoxy) is 1. The third-order valence-electron chi connectivity index (χ3n) is 3.41. The molecule has 106 valence electrons. The number of rotatable bonds is 3. The molecular formula is C18H16BrNO. The van der Waals surface area contributed by atoms with Crippen LogP contribution in [0.1, 0.15) is 18.5 Å². The van der Waals surface area contributed by atoms with E-state index in [0.29, 0.717) is 0 Å². The average molecular weight is 342 g/mol. The van der Waals surface area contributed by atoms with Crippen molar-refractivity contribution in [3.05, 3.63) is 70.7 Å². The molecule has 3 aromatic rings. The Labute approximate surface area is 132 Å². The van der Waals surface area contributed by atoms with Crippen LogP contribution in [-0.2, 0) is 0 Å². The monoisotopic (exact) mass is 341 g/mol. The molecule has 3 heteroatoms. The Morgan fingerprint density at radius 1 is 0.952 bits per heavy atom. The van der Waals surface area contributed by atoms with Crippen LogP contribution < -0.4 is 10.5 Å². The Bertz CT molecular complexity index is 783. The minimum Gasteiger partial charge on any atom is -0.457 e. The molecule has 0 saturated heterocycles. The predicted octanol–water partition coefficient (Wildman–Crippen LogP) is 5.41. The van der Waals surface area contributed by atoms with Crippen molar-refractivity contribution >= 4 is 26.7 Å². The number of hydrogen-bond acceptors (Lipinski definition) is 2. The van der Waals surface area contributed by atoms with Crippen molar-refractivity contribution in [1.29, 1.82) is 0 Å². The van der Waals surface area contributed by atoms with Crippen LogP contribution in [0.3, 0.4) is 0 Å². The summed E-state index contributed by atoms with van der Waals surface area (Å²) in [6.45, 7) is 1.96. The molecule has 0 spiro atoms. The lowest BCUT2D eigenvalue weighted by molar-refractivity contribution is 0.473. The molecule has 3 aromatic carbocycles. The van der Waals surface area contributed by atoms with Crippen LogP contribution in [0.25, 0.3) is 10.8 Å². The van der Waals surface area contributed by atoms with Crippen molar-refractivity contribution in [3.63, 3.8) is 0 Å². The number of halogens is 1. The SMILES string of the molecule is CC(N)c1ccccc1Oc1ccc2cc(Br)ccc2c1. The van der Waals surface area contributed by atoms with Gasteiger partial charge >= 0.3 is 0 Å². The molecular weight excluding hydrogens is 326 g/mol. The molecule has 2 nitrogen and oxygen atoms in total. The summed E-state index contributed by atoms with van der Waals surface area (Å²) in [5.41, 5.74) is 7.00. The number of fused-ring (bicyclic) bond motifs is 1. The van der Waals surface area contributed by atoms with Gasteiger partial charge < -0.3 is 10.5 Å². The lowest BCUT2D eigenvalue weighted by atomic mass is 10.1. The van der Waals surface area contributed by atoms with Gasteiger partial charge in [0.15, 0.2) is 0 Å². The van der Waals surface area contributed by atoms with Gasteiger partial charge in [-0.2, -0.15) is 0 Å². The molecule has 21 heavy (non-hydrogen) atoms. The van der Waals surface area contributed by atoms with E-state index < -0.39 is 0 Å². The van der Waals surface area contributed by atoms with Crippen LogP contribution in [0.2, 0.25) is 0 Å². The highest BCUT2D eigenvalue weighted by Gasteiger charge is 2.08. The zero-order chi connectivity index (χ0) is 14.8. The maximum atomic E-state index is 6.02. The summed E-state index contributed by atoms with van der Waals surface area (Å²) < 4.78 is 7.09. The van der Waals surface area contributed by atoms with E-state index in [1.807, 2.05) is 49.4 Å². The quantitative estimate of drug-likeness (QED) is 0.690. The average Bonchev–Trinajstić information content (AvgIpc) is 2.48. The molecule has 0 bridgehead atoms. The topological polar surface area (TPSA) is 35.2 Å². The third kappa shape index (κ3) is 3.09. The van der Waals surface area contributed by atoms with E-state index in [1.54, 1.807) is 0 Å². The Morgan fingerprint density at radius 3 is 2.48 bits per heavy atom. The van der Waals surface area contributed by atoms with Crippen LogP contribution in [0.15, 0.2) is 65.1 Å². The van der Waals surface area contributed by atoms with Crippen molar-refractivity contribution in [3.8, 4) is 11.5 Å². The first-order valence-corrected chi connectivity index (χ1v) is 7.64. The van der Waals surface area contributed by atoms with E-state index in [-0.39, 0.29) is 6.04 Å². The molecule has 3 rings (SSSR count). The van der Waals surface area contributed by atoms with Gasteiger partial charge in [0.2, 0.25) is 0 Å². The first-order valence-electron chi connectivity index (χ1n) is 6.85. The van der Waals surface area contributed by atoms with Gasteiger partial charge in [0.05, 0.1) is 0 Å². The van der Waals surface area contributed by atoms with Crippen molar-refractivity contribution in [2.75, 3.05) is 0 Å². The molecule has 0 aliphatic heterocycles. The van der Waals surface area contributed by atoms with Gasteiger partial charge in [-0.05, 0) is 48.0 Å². The number of para-hydroxylation sites is 1. The van der Waals surface area contributed by atoms with E-state index in [0.717, 1.165) is 26.9 Å². The maximum absolute atomic E-state index is 6.02. The van der Waals surface area contributed by atoms with E-state index in [1.165, 1.54) is 5.39 Å². The smallest absolute Gasteiger partial charge is 0.132 e. The Kier molecular flexibility index (Phi) is 3.95. The highest BCUT2D eigenvalue weighted by Crippen LogP contribution is 2.31. The molecule has 0 fully saturated rings. The zero-order valence-corrected chi connectivity index (χ0v) is 13.3. The van der Waals surface area contributed by atoms with Crippen molar-refractivity contribution in [1.82, 2.24) is 0 Å². The predicted molar refractivity (Wildman–Crippen MR) is 90.8 cm³/mol. The summed E-state index contributed by atoms with van der Waals surface area (Å²) in [5.74, 6) is 1.63. The fourth-order valence-electron chi connectivity index (χ4n) is 2.33. The summed E-state index contributed by atoms with van der Waals surface area (Å²) in [7, 11) is 0. The van der Waals surface area contributed by atoms with E-state index in [4.69, 9.17) is 10.5 Å². The van der Waals surface area contributed by atoms with Crippen molar-refractivity contribution in [2.24, 2.45) is 5.73 Å². The number of hydrogen-bond donors (Lipinski definition) is 1. The third-order valence-corrected chi connectivity index (χ3v) is 3.90. The lowest BCUT2D eigenvalue weighted by Crippen LogP contribution is -2.06. The van der Waals surface area contributed by atoms with Gasteiger partial charge in [-0.1, -0.05) is 46.3 Å². The lowest BCUT2D eigenvalue weighted by Gasteiger charge is -2.14. The molecule has 1 unspecified atom stereocenters. The highest BCUT2D eigenvalue weighted by atomic mass is 79.9. The summed E-state index contributed by atoms with van der Waals surface area (Å²) in [5, 5.41) is 2.33. The summed E-state index contributed by atoms with van der Waals surface area (Å²) in [4.78, 5) is 0. The highest BCUT2D eigenvalue weighted by molar-refractivity contribution is 9.10. The van der Waals surface area contributed by atoms with Crippen LogP contribution in [-0.4, -0.2) is 0 Å². The fraction of sp³-hybridized carbons (Fsp3) is 0.111. The fourth-order valence-corrected chi connectivity index (χ4v) is 2.71. The molecule has 0 heterocycles. The van der Waals surface area contributed by atoms with Crippen LogP contribution in [0.5, 0.6) is 11.5 Å². The second-order valence-electron chi connectivity index (χ2n) is 5.08. The van der Waals surface area contributed by atoms with Gasteiger partial charge in [0.1, 0.15) is 11.5 Å². The van der Waals surface area contributed by atoms with Gasteiger partial charge in [-0.3, -0.25) is 0 Å². The van der Waals surface area contributed by atoms with E-state index in [9.17, 15) is 0 Å². The zero-order valence-electron chi connectivity index (χ0n) is 11.7. The first kappa shape index (κ1) is 14.1. The van der Waals surface area contributed by atoms with Crippen LogP contribution in [0, 0.1) is 0 Å². The molecule has 0 amide bonds. The van der Waals surface area contributed by atoms with Crippen molar-refractivity contribution in [2.45, 2.75) is 13.0 Å². The van der Waals surface area contributed by atoms with Crippen LogP contribution >= 0.6 is 15.9 Å². The molecule has 0 saturated carbocycles. The number of benzene rings is 3. The minimum absolute atomic E-state index is 0.0578. The standard InChI is InChI=1S/C18H16BrNO/c1-12(20)17-4-2-3-5-18(17)21-16-9-7-13-10-15(19)8-6-14(13)11-16/h2-12H,20H2,1H3. The molecule has 0 radical (unpaired) electrons. The second kappa shape index (κ2) is 5.88. The molecule has 2 N–H and O–H groups in total. The first-order chi connectivity index (χ1) is 10.1. The minimum atomic E-state index is -0.0578. The number of nitrogens with two attached hydrogens (primary N) is 1. The molecule has 1 atom stereocenters. The summed E-state index contributed by atoms with van der Waals surface area (Å²) in [6, 6.07) is 20.1. The normalized spacial score (nSPS) is 12.3. The Hall–Kier alpha value is -1.84. The summed E-state index contributed by atoms with van der Waals surface area (Å²) >= 11 is 3.49. The molecule has 0 aliphatic rings. The van der Waals surface area contributed by atoms with Gasteiger partial charge in [0, 0.05) is 16.1 Å². The largest absolute Gasteiger partial charge is 0.457 e.